The Morgan fingerprint density at radius 3 is 2.21 bits per heavy atom. The molecule has 0 saturated carbocycles. The molecule has 0 radical (unpaired) electrons. The third-order valence-electron chi connectivity index (χ3n) is 5.83. The molecule has 0 bridgehead atoms. The van der Waals surface area contributed by atoms with Crippen LogP contribution in [0.2, 0.25) is 0 Å². The van der Waals surface area contributed by atoms with Gasteiger partial charge in [-0.15, -0.1) is 0 Å². The number of hydrogen-bond acceptors (Lipinski definition) is 4. The van der Waals surface area contributed by atoms with Crippen LogP contribution in [-0.2, 0) is 13.2 Å². The third-order valence-corrected chi connectivity index (χ3v) is 5.83. The summed E-state index contributed by atoms with van der Waals surface area (Å²) in [6.07, 6.45) is 1.79. The summed E-state index contributed by atoms with van der Waals surface area (Å²) < 4.78 is 1.59. The van der Waals surface area contributed by atoms with Gasteiger partial charge in [-0.25, -0.2) is 4.68 Å². The number of fused-ring (bicyclic) bond motifs is 2. The van der Waals surface area contributed by atoms with E-state index in [-0.39, 0.29) is 5.56 Å². The van der Waals surface area contributed by atoms with Gasteiger partial charge in [0.2, 0.25) is 0 Å². The molecule has 1 aliphatic heterocycles. The predicted molar refractivity (Wildman–Crippen MR) is 117 cm³/mol. The second-order valence-corrected chi connectivity index (χ2v) is 7.71. The molecule has 1 saturated heterocycles. The maximum atomic E-state index is 12.7. The van der Waals surface area contributed by atoms with E-state index >= 15 is 0 Å². The van der Waals surface area contributed by atoms with Gasteiger partial charge in [0.05, 0.1) is 18.3 Å². The molecule has 4 aromatic rings. The van der Waals surface area contributed by atoms with E-state index in [1.54, 1.807) is 10.9 Å². The number of hydrogen-bond donors (Lipinski definition) is 0. The van der Waals surface area contributed by atoms with Gasteiger partial charge in [0, 0.05) is 38.1 Å². The molecule has 0 aliphatic carbocycles. The minimum Gasteiger partial charge on any atom is -0.297 e. The lowest BCUT2D eigenvalue weighted by Crippen LogP contribution is -2.47. The number of piperazine rings is 1. The fourth-order valence-electron chi connectivity index (χ4n) is 4.18. The van der Waals surface area contributed by atoms with Gasteiger partial charge < -0.3 is 0 Å². The van der Waals surface area contributed by atoms with E-state index in [4.69, 9.17) is 0 Å². The fraction of sp³-hybridized carbons (Fsp3) is 0.250. The van der Waals surface area contributed by atoms with Gasteiger partial charge in [-0.2, -0.15) is 5.10 Å². The van der Waals surface area contributed by atoms with Crippen LogP contribution in [0.4, 0.5) is 0 Å². The van der Waals surface area contributed by atoms with Crippen LogP contribution in [0.5, 0.6) is 0 Å². The van der Waals surface area contributed by atoms with Gasteiger partial charge in [-0.1, -0.05) is 60.7 Å². The zero-order valence-electron chi connectivity index (χ0n) is 16.4. The molecule has 0 amide bonds. The Kier molecular flexibility index (Phi) is 4.84. The van der Waals surface area contributed by atoms with Crippen molar-refractivity contribution in [3.8, 4) is 0 Å². The Morgan fingerprint density at radius 1 is 0.724 bits per heavy atom. The molecule has 1 aromatic heterocycles. The number of nitrogens with zero attached hydrogens (tertiary/aromatic N) is 4. The Hall–Kier alpha value is -3.02. The standard InChI is InChI=1S/C24H24N4O/c29-24-23-11-4-2-7-20(23)16-25-28(24)18-27-14-12-26(13-15-27)17-21-9-5-8-19-6-1-3-10-22(19)21/h1-11,16H,12-15,17-18H2. The molecule has 1 aliphatic rings. The number of rotatable bonds is 4. The predicted octanol–water partition coefficient (Wildman–Crippen LogP) is 3.33. The third kappa shape index (κ3) is 3.67. The summed E-state index contributed by atoms with van der Waals surface area (Å²) in [7, 11) is 0. The molecule has 146 valence electrons. The van der Waals surface area contributed by atoms with Crippen molar-refractivity contribution in [2.45, 2.75) is 13.2 Å². The summed E-state index contributed by atoms with van der Waals surface area (Å²) in [6, 6.07) is 22.8. The van der Waals surface area contributed by atoms with Crippen LogP contribution >= 0.6 is 0 Å². The molecule has 5 rings (SSSR count). The van der Waals surface area contributed by atoms with Crippen LogP contribution < -0.4 is 5.56 Å². The second kappa shape index (κ2) is 7.78. The maximum absolute atomic E-state index is 12.7. The van der Waals surface area contributed by atoms with Crippen molar-refractivity contribution in [1.82, 2.24) is 19.6 Å². The highest BCUT2D eigenvalue weighted by molar-refractivity contribution is 5.85. The van der Waals surface area contributed by atoms with Crippen molar-refractivity contribution in [3.05, 3.63) is 88.8 Å². The average molecular weight is 384 g/mol. The van der Waals surface area contributed by atoms with Gasteiger partial charge in [0.15, 0.2) is 0 Å². The van der Waals surface area contributed by atoms with Crippen LogP contribution in [-0.4, -0.2) is 45.8 Å². The van der Waals surface area contributed by atoms with Gasteiger partial charge in [-0.3, -0.25) is 14.6 Å². The molecule has 2 heterocycles. The summed E-state index contributed by atoms with van der Waals surface area (Å²) in [6.45, 7) is 5.36. The number of benzene rings is 3. The van der Waals surface area contributed by atoms with Crippen LogP contribution in [0, 0.1) is 0 Å². The van der Waals surface area contributed by atoms with Crippen LogP contribution in [0.3, 0.4) is 0 Å². The molecule has 0 unspecified atom stereocenters. The quantitative estimate of drug-likeness (QED) is 0.541. The molecule has 3 aromatic carbocycles. The van der Waals surface area contributed by atoms with Gasteiger partial charge in [0.25, 0.3) is 5.56 Å². The molecule has 1 fully saturated rings. The van der Waals surface area contributed by atoms with Crippen LogP contribution in [0.25, 0.3) is 21.5 Å². The van der Waals surface area contributed by atoms with Crippen molar-refractivity contribution in [3.63, 3.8) is 0 Å². The summed E-state index contributed by atoms with van der Waals surface area (Å²) in [5.41, 5.74) is 1.37. The SMILES string of the molecule is O=c1c2ccccc2cnn1CN1CCN(Cc2cccc3ccccc23)CC1. The summed E-state index contributed by atoms with van der Waals surface area (Å²) in [5.74, 6) is 0. The molecular weight excluding hydrogens is 360 g/mol. The maximum Gasteiger partial charge on any atom is 0.275 e. The zero-order chi connectivity index (χ0) is 19.6. The van der Waals surface area contributed by atoms with E-state index < -0.39 is 0 Å². The molecule has 0 N–H and O–H groups in total. The lowest BCUT2D eigenvalue weighted by Gasteiger charge is -2.34. The van der Waals surface area contributed by atoms with Crippen molar-refractivity contribution in [2.24, 2.45) is 0 Å². The second-order valence-electron chi connectivity index (χ2n) is 7.71. The van der Waals surface area contributed by atoms with E-state index in [1.807, 2.05) is 24.3 Å². The Bertz CT molecular complexity index is 1200. The van der Waals surface area contributed by atoms with Crippen LogP contribution in [0.1, 0.15) is 5.56 Å². The van der Waals surface area contributed by atoms with E-state index in [2.05, 4.69) is 57.4 Å². The minimum absolute atomic E-state index is 0.0127. The lowest BCUT2D eigenvalue weighted by atomic mass is 10.0. The van der Waals surface area contributed by atoms with E-state index in [0.717, 1.165) is 43.5 Å². The monoisotopic (exact) mass is 384 g/mol. The van der Waals surface area contributed by atoms with Gasteiger partial charge in [0.1, 0.15) is 0 Å². The number of aromatic nitrogens is 2. The summed E-state index contributed by atoms with van der Waals surface area (Å²) in [4.78, 5) is 17.5. The van der Waals surface area contributed by atoms with Crippen molar-refractivity contribution < 1.29 is 0 Å². The minimum atomic E-state index is -0.0127. The first-order valence-electron chi connectivity index (χ1n) is 10.1. The van der Waals surface area contributed by atoms with Crippen molar-refractivity contribution >= 4 is 21.5 Å². The first-order valence-corrected chi connectivity index (χ1v) is 10.1. The molecule has 0 atom stereocenters. The van der Waals surface area contributed by atoms with Crippen molar-refractivity contribution in [1.29, 1.82) is 0 Å². The molecular formula is C24H24N4O. The molecule has 29 heavy (non-hydrogen) atoms. The first-order chi connectivity index (χ1) is 14.3. The molecule has 0 spiro atoms. The van der Waals surface area contributed by atoms with E-state index in [9.17, 15) is 4.79 Å². The summed E-state index contributed by atoms with van der Waals surface area (Å²) in [5, 5.41) is 8.63. The van der Waals surface area contributed by atoms with E-state index in [0.29, 0.717) is 6.67 Å². The molecule has 5 heteroatoms. The van der Waals surface area contributed by atoms with Gasteiger partial charge in [-0.05, 0) is 22.4 Å². The lowest BCUT2D eigenvalue weighted by molar-refractivity contribution is 0.0974. The largest absolute Gasteiger partial charge is 0.297 e. The normalized spacial score (nSPS) is 15.9. The van der Waals surface area contributed by atoms with Gasteiger partial charge >= 0.3 is 0 Å². The highest BCUT2D eigenvalue weighted by Gasteiger charge is 2.18. The summed E-state index contributed by atoms with van der Waals surface area (Å²) >= 11 is 0. The Labute approximate surface area is 169 Å². The highest BCUT2D eigenvalue weighted by atomic mass is 16.1. The van der Waals surface area contributed by atoms with E-state index in [1.165, 1.54) is 16.3 Å². The average Bonchev–Trinajstić information content (AvgIpc) is 2.77. The topological polar surface area (TPSA) is 41.4 Å². The molecule has 5 nitrogen and oxygen atoms in total. The van der Waals surface area contributed by atoms with Crippen molar-refractivity contribution in [2.75, 3.05) is 26.2 Å². The highest BCUT2D eigenvalue weighted by Crippen LogP contribution is 2.20. The fourth-order valence-corrected chi connectivity index (χ4v) is 4.18. The Morgan fingerprint density at radius 2 is 1.38 bits per heavy atom. The zero-order valence-corrected chi connectivity index (χ0v) is 16.4. The van der Waals surface area contributed by atoms with Crippen LogP contribution in [0.15, 0.2) is 77.7 Å². The first kappa shape index (κ1) is 18.0. The Balaban J connectivity index is 1.25. The smallest absolute Gasteiger partial charge is 0.275 e.